The van der Waals surface area contributed by atoms with Crippen LogP contribution in [0.5, 0.6) is 0 Å². The number of piperidine rings is 1. The molecule has 1 N–H and O–H groups in total. The van der Waals surface area contributed by atoms with Crippen molar-refractivity contribution < 1.29 is 4.79 Å². The van der Waals surface area contributed by atoms with E-state index in [1.165, 1.54) is 5.39 Å². The fourth-order valence-electron chi connectivity index (χ4n) is 3.10. The second kappa shape index (κ2) is 5.06. The van der Waals surface area contributed by atoms with Gasteiger partial charge in [-0.3, -0.25) is 4.79 Å². The van der Waals surface area contributed by atoms with Gasteiger partial charge in [-0.15, -0.1) is 11.3 Å². The summed E-state index contributed by atoms with van der Waals surface area (Å²) in [6.07, 6.45) is 2.86. The number of carbonyl (C=O) groups is 1. The molecule has 0 saturated carbocycles. The Kier molecular flexibility index (Phi) is 3.42. The molecule has 100 valence electrons. The van der Waals surface area contributed by atoms with Crippen LogP contribution in [0.25, 0.3) is 10.1 Å². The smallest absolute Gasteiger partial charge is 0.170 e. The predicted molar refractivity (Wildman–Crippen MR) is 81.0 cm³/mol. The van der Waals surface area contributed by atoms with E-state index in [2.05, 4.69) is 29.8 Å². The molecule has 1 aromatic heterocycles. The number of nitrogens with one attached hydrogen (secondary N) is 1. The van der Waals surface area contributed by atoms with Crippen LogP contribution in [0.4, 0.5) is 0 Å². The highest BCUT2D eigenvalue weighted by Crippen LogP contribution is 2.38. The van der Waals surface area contributed by atoms with Crippen molar-refractivity contribution in [2.24, 2.45) is 5.41 Å². The second-order valence-corrected chi connectivity index (χ2v) is 6.27. The lowest BCUT2D eigenvalue weighted by molar-refractivity contribution is 0.0720. The first-order chi connectivity index (χ1) is 9.27. The average molecular weight is 273 g/mol. The molecule has 0 amide bonds. The van der Waals surface area contributed by atoms with Crippen LogP contribution < -0.4 is 5.32 Å². The van der Waals surface area contributed by atoms with E-state index < -0.39 is 0 Å². The van der Waals surface area contributed by atoms with Crippen molar-refractivity contribution >= 4 is 27.2 Å². The lowest BCUT2D eigenvalue weighted by Gasteiger charge is -2.35. The van der Waals surface area contributed by atoms with E-state index in [0.29, 0.717) is 5.78 Å². The number of ketones is 1. The Morgan fingerprint density at radius 3 is 2.84 bits per heavy atom. The zero-order chi connectivity index (χ0) is 13.3. The first kappa shape index (κ1) is 12.8. The summed E-state index contributed by atoms with van der Waals surface area (Å²) in [5.41, 5.74) is 0.778. The van der Waals surface area contributed by atoms with Gasteiger partial charge in [-0.05, 0) is 55.3 Å². The summed E-state index contributed by atoms with van der Waals surface area (Å²) in [5, 5.41) is 6.63. The maximum Gasteiger partial charge on any atom is 0.170 e. The molecule has 0 unspecified atom stereocenters. The molecule has 2 heterocycles. The van der Waals surface area contributed by atoms with Gasteiger partial charge in [-0.2, -0.15) is 0 Å². The van der Waals surface area contributed by atoms with E-state index in [0.717, 1.165) is 42.6 Å². The third kappa shape index (κ3) is 2.11. The fraction of sp³-hybridized carbons (Fsp3) is 0.438. The molecule has 1 saturated heterocycles. The number of fused-ring (bicyclic) bond motifs is 1. The zero-order valence-electron chi connectivity index (χ0n) is 11.2. The lowest BCUT2D eigenvalue weighted by Crippen LogP contribution is -2.41. The SMILES string of the molecule is CCC1(C(=O)c2cccc3ccsc23)CCNCC1. The van der Waals surface area contributed by atoms with E-state index in [-0.39, 0.29) is 5.41 Å². The van der Waals surface area contributed by atoms with Gasteiger partial charge in [-0.25, -0.2) is 0 Å². The molecule has 0 spiro atoms. The summed E-state index contributed by atoms with van der Waals surface area (Å²) in [4.78, 5) is 13.0. The first-order valence-electron chi connectivity index (χ1n) is 6.98. The van der Waals surface area contributed by atoms with Crippen LogP contribution in [0.15, 0.2) is 29.6 Å². The van der Waals surface area contributed by atoms with Gasteiger partial charge in [0.15, 0.2) is 5.78 Å². The average Bonchev–Trinajstić information content (AvgIpc) is 2.95. The minimum absolute atomic E-state index is 0.149. The standard InChI is InChI=1S/C16H19NOS/c1-2-16(7-9-17-10-8-16)15(18)13-5-3-4-12-6-11-19-14(12)13/h3-6,11,17H,2,7-10H2,1H3. The highest BCUT2D eigenvalue weighted by atomic mass is 32.1. The molecule has 2 aromatic rings. The summed E-state index contributed by atoms with van der Waals surface area (Å²) in [5.74, 6) is 0.351. The van der Waals surface area contributed by atoms with E-state index in [1.54, 1.807) is 11.3 Å². The van der Waals surface area contributed by atoms with E-state index in [9.17, 15) is 4.79 Å². The van der Waals surface area contributed by atoms with Gasteiger partial charge in [0, 0.05) is 15.7 Å². The molecule has 0 aliphatic carbocycles. The summed E-state index contributed by atoms with van der Waals surface area (Å²) >= 11 is 1.68. The van der Waals surface area contributed by atoms with Crippen molar-refractivity contribution in [1.82, 2.24) is 5.32 Å². The number of benzene rings is 1. The molecule has 19 heavy (non-hydrogen) atoms. The van der Waals surface area contributed by atoms with Gasteiger partial charge in [0.25, 0.3) is 0 Å². The molecule has 0 bridgehead atoms. The Morgan fingerprint density at radius 1 is 1.32 bits per heavy atom. The van der Waals surface area contributed by atoms with Gasteiger partial charge in [0.2, 0.25) is 0 Å². The number of rotatable bonds is 3. The lowest BCUT2D eigenvalue weighted by atomic mass is 9.71. The van der Waals surface area contributed by atoms with Gasteiger partial charge < -0.3 is 5.32 Å². The maximum absolute atomic E-state index is 13.0. The second-order valence-electron chi connectivity index (χ2n) is 5.36. The Bertz CT molecular complexity index is 596. The molecule has 3 rings (SSSR count). The summed E-state index contributed by atoms with van der Waals surface area (Å²) in [6.45, 7) is 4.07. The number of carbonyl (C=O) groups excluding carboxylic acids is 1. The first-order valence-corrected chi connectivity index (χ1v) is 7.86. The Labute approximate surface area is 117 Å². The quantitative estimate of drug-likeness (QED) is 0.860. The third-order valence-electron chi connectivity index (χ3n) is 4.44. The largest absolute Gasteiger partial charge is 0.317 e. The highest BCUT2D eigenvalue weighted by Gasteiger charge is 2.38. The zero-order valence-corrected chi connectivity index (χ0v) is 12.1. The van der Waals surface area contributed by atoms with E-state index >= 15 is 0 Å². The van der Waals surface area contributed by atoms with Gasteiger partial charge in [0.05, 0.1) is 0 Å². The summed E-state index contributed by atoms with van der Waals surface area (Å²) < 4.78 is 1.15. The number of thiophene rings is 1. The van der Waals surface area contributed by atoms with Crippen molar-refractivity contribution in [3.8, 4) is 0 Å². The molecular formula is C16H19NOS. The molecule has 1 aromatic carbocycles. The van der Waals surface area contributed by atoms with Crippen molar-refractivity contribution in [2.75, 3.05) is 13.1 Å². The Hall–Kier alpha value is -1.19. The van der Waals surface area contributed by atoms with Crippen LogP contribution in [0.3, 0.4) is 0 Å². The number of hydrogen-bond donors (Lipinski definition) is 1. The van der Waals surface area contributed by atoms with Crippen molar-refractivity contribution in [3.63, 3.8) is 0 Å². The third-order valence-corrected chi connectivity index (χ3v) is 5.41. The molecule has 1 aliphatic rings. The van der Waals surface area contributed by atoms with Gasteiger partial charge in [-0.1, -0.05) is 19.1 Å². The molecule has 0 atom stereocenters. The Balaban J connectivity index is 2.05. The molecule has 3 heteroatoms. The molecule has 1 fully saturated rings. The minimum Gasteiger partial charge on any atom is -0.317 e. The van der Waals surface area contributed by atoms with Crippen LogP contribution >= 0.6 is 11.3 Å². The van der Waals surface area contributed by atoms with E-state index in [4.69, 9.17) is 0 Å². The normalized spacial score (nSPS) is 18.6. The topological polar surface area (TPSA) is 29.1 Å². The van der Waals surface area contributed by atoms with Crippen molar-refractivity contribution in [1.29, 1.82) is 0 Å². The van der Waals surface area contributed by atoms with Crippen LogP contribution in [-0.4, -0.2) is 18.9 Å². The highest BCUT2D eigenvalue weighted by molar-refractivity contribution is 7.17. The van der Waals surface area contributed by atoms with Gasteiger partial charge >= 0.3 is 0 Å². The molecular weight excluding hydrogens is 254 g/mol. The molecule has 0 radical (unpaired) electrons. The molecule has 1 aliphatic heterocycles. The molecule has 2 nitrogen and oxygen atoms in total. The van der Waals surface area contributed by atoms with Crippen LogP contribution in [-0.2, 0) is 0 Å². The number of Topliss-reactive ketones (excluding diaryl/α,β-unsaturated/α-hetero) is 1. The summed E-state index contributed by atoms with van der Waals surface area (Å²) in [6, 6.07) is 8.19. The number of hydrogen-bond acceptors (Lipinski definition) is 3. The van der Waals surface area contributed by atoms with Crippen LogP contribution in [0.1, 0.15) is 36.5 Å². The summed E-state index contributed by atoms with van der Waals surface area (Å²) in [7, 11) is 0. The predicted octanol–water partition coefficient (Wildman–Crippen LogP) is 3.86. The maximum atomic E-state index is 13.0. The van der Waals surface area contributed by atoms with E-state index in [1.807, 2.05) is 12.1 Å². The van der Waals surface area contributed by atoms with Crippen molar-refractivity contribution in [2.45, 2.75) is 26.2 Å². The minimum atomic E-state index is -0.149. The van der Waals surface area contributed by atoms with Crippen molar-refractivity contribution in [3.05, 3.63) is 35.2 Å². The fourth-order valence-corrected chi connectivity index (χ4v) is 4.01. The van der Waals surface area contributed by atoms with Crippen LogP contribution in [0, 0.1) is 5.41 Å². The van der Waals surface area contributed by atoms with Crippen LogP contribution in [0.2, 0.25) is 0 Å². The van der Waals surface area contributed by atoms with Gasteiger partial charge in [0.1, 0.15) is 0 Å². The monoisotopic (exact) mass is 273 g/mol. The Morgan fingerprint density at radius 2 is 2.11 bits per heavy atom.